The van der Waals surface area contributed by atoms with Crippen LogP contribution in [-0.2, 0) is 45.0 Å². The lowest BCUT2D eigenvalue weighted by atomic mass is 9.44. The number of aliphatic hydroxyl groups is 2. The molecule has 12 nitrogen and oxygen atoms in total. The molecule has 12 aliphatic rings. The van der Waals surface area contributed by atoms with Crippen molar-refractivity contribution in [3.8, 4) is 28.7 Å². The standard InChI is InChI=1S/C78H95N5O7/c1-5-48(34-49-14-8-6-9-15-49)39-66-78-31-23-60-61-21-22-62-65(89-73(85)69(62)70(61)78)24-30-76(56-26-33-82-67(41-56)80-4)43-55-40-57(77(88)28-10-7-11-29-77)18-13-27-75(2,87)47-83-72(64(55)44-76)54-36-50(35-52(38-54)45-79-3)25-32-81-46-51-16-12-17-53(37-51)59-20-19-58(84)42-63(59)68(60)71(78)74(86)90-66/h6,8-9,12,14-17,19-20,24,35-39,42,48,55-57,60-61,64,67,70,72,79-84,87-88H,5,7,10-11,21-23,25-34,40-41,43-47H2,1-4H3/b65-24?,66-39-/t48-,55+,56+,57+,60+,61-,64-,67-,70+,72+,75+,76-,78+/m0/s1. The van der Waals surface area contributed by atoms with Crippen LogP contribution in [0.3, 0.4) is 0 Å². The minimum Gasteiger partial charge on any atom is -0.508 e. The molecular weight excluding hydrogens is 1120 g/mol. The van der Waals surface area contributed by atoms with Crippen LogP contribution in [0.4, 0.5) is 0 Å². The van der Waals surface area contributed by atoms with Gasteiger partial charge in [0.15, 0.2) is 0 Å². The van der Waals surface area contributed by atoms with Gasteiger partial charge in [0, 0.05) is 55.1 Å². The smallest absolute Gasteiger partial charge is 0.340 e. The van der Waals surface area contributed by atoms with Crippen molar-refractivity contribution in [3.63, 3.8) is 0 Å². The van der Waals surface area contributed by atoms with Gasteiger partial charge in [-0.3, -0.25) is 0 Å². The molecule has 90 heavy (non-hydrogen) atoms. The Morgan fingerprint density at radius 2 is 1.66 bits per heavy atom. The number of esters is 2. The number of hydrogen-bond acceptors (Lipinski definition) is 12. The maximum Gasteiger partial charge on any atom is 0.340 e. The van der Waals surface area contributed by atoms with Crippen molar-refractivity contribution in [2.45, 2.75) is 172 Å². The van der Waals surface area contributed by atoms with Crippen LogP contribution in [-0.4, -0.2) is 78.4 Å². The van der Waals surface area contributed by atoms with E-state index in [2.05, 4.69) is 131 Å². The predicted octanol–water partition coefficient (Wildman–Crippen LogP) is 12.2. The predicted molar refractivity (Wildman–Crippen MR) is 352 cm³/mol. The quantitative estimate of drug-likeness (QED) is 0.0590. The van der Waals surface area contributed by atoms with Gasteiger partial charge < -0.3 is 51.4 Å². The summed E-state index contributed by atoms with van der Waals surface area (Å²) >= 11 is 0. The first-order chi connectivity index (χ1) is 43.7. The highest BCUT2D eigenvalue weighted by atomic mass is 16.6. The molecule has 6 heterocycles. The van der Waals surface area contributed by atoms with Crippen molar-refractivity contribution in [1.29, 1.82) is 0 Å². The maximum absolute atomic E-state index is 15.6. The second-order valence-corrected chi connectivity index (χ2v) is 29.4. The van der Waals surface area contributed by atoms with Gasteiger partial charge in [0.2, 0.25) is 0 Å². The molecule has 2 saturated heterocycles. The van der Waals surface area contributed by atoms with Crippen LogP contribution in [0.25, 0.3) is 16.7 Å². The molecule has 4 aromatic rings. The lowest BCUT2D eigenvalue weighted by Crippen LogP contribution is -2.52. The van der Waals surface area contributed by atoms with Gasteiger partial charge in [-0.05, 0) is 252 Å². The highest BCUT2D eigenvalue weighted by molar-refractivity contribution is 6.07. The van der Waals surface area contributed by atoms with E-state index in [1.807, 2.05) is 32.2 Å². The van der Waals surface area contributed by atoms with Gasteiger partial charge in [0.25, 0.3) is 0 Å². The molecule has 0 amide bonds. The highest BCUT2D eigenvalue weighted by Crippen LogP contribution is 2.72. The van der Waals surface area contributed by atoms with Crippen LogP contribution in [0.2, 0.25) is 0 Å². The van der Waals surface area contributed by atoms with E-state index < -0.39 is 16.6 Å². The molecule has 1 spiro atoms. The first kappa shape index (κ1) is 61.4. The summed E-state index contributed by atoms with van der Waals surface area (Å²) in [5.74, 6) is 8.05. The van der Waals surface area contributed by atoms with E-state index in [9.17, 15) is 15.3 Å². The monoisotopic (exact) mass is 1210 g/mol. The summed E-state index contributed by atoms with van der Waals surface area (Å²) in [6.07, 6.45) is 20.2. The number of carbonyl (C=O) groups excluding carboxylic acids is 2. The molecule has 5 fully saturated rings. The number of hydrogen-bond donors (Lipinski definition) is 8. The molecule has 474 valence electrons. The Bertz CT molecular complexity index is 3600. The zero-order valence-electron chi connectivity index (χ0n) is 53.5. The number of carbonyl (C=O) groups is 2. The van der Waals surface area contributed by atoms with Crippen LogP contribution in [0.1, 0.15) is 162 Å². The Labute approximate surface area is 533 Å². The number of nitrogens with one attached hydrogen (secondary N) is 5. The normalized spacial score (nSPS) is 33.8. The summed E-state index contributed by atoms with van der Waals surface area (Å²) in [6.45, 7) is 7.48. The maximum atomic E-state index is 15.6. The van der Waals surface area contributed by atoms with Gasteiger partial charge in [-0.1, -0.05) is 111 Å². The number of fused-ring (bicyclic) bond motifs is 5. The Kier molecular flexibility index (Phi) is 17.1. The molecule has 0 unspecified atom stereocenters. The molecule has 14 bridgehead atoms. The van der Waals surface area contributed by atoms with Crippen molar-refractivity contribution in [3.05, 3.63) is 165 Å². The van der Waals surface area contributed by atoms with Crippen molar-refractivity contribution in [1.82, 2.24) is 26.6 Å². The van der Waals surface area contributed by atoms with Gasteiger partial charge >= 0.3 is 11.9 Å². The summed E-state index contributed by atoms with van der Waals surface area (Å²) in [5, 5.41) is 55.6. The zero-order chi connectivity index (χ0) is 61.9. The number of phenols is 1. The minimum absolute atomic E-state index is 0.00459. The molecular formula is C78H95N5O7. The summed E-state index contributed by atoms with van der Waals surface area (Å²) in [4.78, 5) is 31.0. The SMILES string of the molecule is CC[C@H](/C=C1\OC(=O)C2=C3c4cc(O)ccc4-c4cccc(c4)CNCCc4cc(CNC)cc(c4)[C@H]4NC[C@](C)(O)CC#C[C@@H](C5(O)CCCCC5)C[C@@H]5C[C@@]([C@@H]6CCN[C@H](NC)C6)(CC=C6OC(=O)C7=C6CC[C@H]6[C@H]3CC[C@@]21[C@@H]76)C[C@@H]54)Cc1ccccc1. The first-order valence-electron chi connectivity index (χ1n) is 34.6. The number of aromatic hydroxyl groups is 1. The average Bonchev–Trinajstić information content (AvgIpc) is 1.38. The third kappa shape index (κ3) is 11.4. The lowest BCUT2D eigenvalue weighted by molar-refractivity contribution is -0.135. The fraction of sp³-hybridized carbons (Fsp3) is 0.538. The number of phenolic OH excluding ortho intramolecular Hbond substituents is 1. The van der Waals surface area contributed by atoms with Gasteiger partial charge in [-0.25, -0.2) is 9.59 Å². The van der Waals surface area contributed by atoms with Crippen molar-refractivity contribution >= 4 is 17.5 Å². The Hall–Kier alpha value is -6.14. The van der Waals surface area contributed by atoms with E-state index in [4.69, 9.17) is 9.47 Å². The van der Waals surface area contributed by atoms with Gasteiger partial charge in [-0.2, -0.15) is 0 Å². The van der Waals surface area contributed by atoms with Crippen LogP contribution >= 0.6 is 0 Å². The van der Waals surface area contributed by atoms with Crippen LogP contribution in [0, 0.1) is 70.0 Å². The summed E-state index contributed by atoms with van der Waals surface area (Å²) in [5.41, 5.74) is 9.00. The van der Waals surface area contributed by atoms with Crippen molar-refractivity contribution < 1.29 is 34.4 Å². The second kappa shape index (κ2) is 25.1. The van der Waals surface area contributed by atoms with Crippen molar-refractivity contribution in [2.24, 2.45) is 58.2 Å². The Balaban J connectivity index is 0.960. The van der Waals surface area contributed by atoms with E-state index in [0.717, 1.165) is 148 Å². The van der Waals surface area contributed by atoms with E-state index >= 15 is 9.59 Å². The third-order valence-corrected chi connectivity index (χ3v) is 23.9. The fourth-order valence-electron chi connectivity index (χ4n) is 19.6. The highest BCUT2D eigenvalue weighted by Gasteiger charge is 2.69. The molecule has 0 radical (unpaired) electrons. The summed E-state index contributed by atoms with van der Waals surface area (Å²) < 4.78 is 13.7. The molecule has 16 rings (SSSR count). The van der Waals surface area contributed by atoms with Gasteiger partial charge in [0.1, 0.15) is 17.3 Å². The topological polar surface area (TPSA) is 173 Å². The number of β-amino-alcohol motifs (C(OH)–C–C–N with tert-alkyl or cyclic N) is 1. The number of cyclic esters (lactones) is 1. The number of ether oxygens (including phenoxy) is 2. The molecule has 0 aromatic heterocycles. The number of rotatable bonds is 9. The average molecular weight is 1210 g/mol. The van der Waals surface area contributed by atoms with Gasteiger partial charge in [-0.15, -0.1) is 0 Å². The van der Waals surface area contributed by atoms with Crippen LogP contribution < -0.4 is 26.6 Å². The molecule has 4 aromatic carbocycles. The largest absolute Gasteiger partial charge is 0.508 e. The zero-order valence-corrected chi connectivity index (χ0v) is 53.5. The summed E-state index contributed by atoms with van der Waals surface area (Å²) in [7, 11) is 4.08. The lowest BCUT2D eigenvalue weighted by Gasteiger charge is -2.56. The Morgan fingerprint density at radius 1 is 0.800 bits per heavy atom. The van der Waals surface area contributed by atoms with Crippen molar-refractivity contribution in [2.75, 3.05) is 33.7 Å². The Morgan fingerprint density at radius 3 is 2.48 bits per heavy atom. The van der Waals surface area contributed by atoms with Crippen LogP contribution in [0.15, 0.2) is 131 Å². The van der Waals surface area contributed by atoms with E-state index in [-0.39, 0.29) is 76.7 Å². The number of benzene rings is 4. The summed E-state index contributed by atoms with van der Waals surface area (Å²) in [6, 6.07) is 32.0. The third-order valence-electron chi connectivity index (χ3n) is 23.9. The van der Waals surface area contributed by atoms with Gasteiger partial charge in [0.05, 0.1) is 28.4 Å². The van der Waals surface area contributed by atoms with E-state index in [0.29, 0.717) is 68.3 Å². The molecule has 6 aliphatic heterocycles. The van der Waals surface area contributed by atoms with E-state index in [1.165, 1.54) is 22.3 Å². The molecule has 8 N–H and O–H groups in total. The number of piperidine rings is 1. The molecule has 13 atom stereocenters. The minimum atomic E-state index is -1.11. The first-order valence-corrected chi connectivity index (χ1v) is 34.6. The van der Waals surface area contributed by atoms with Crippen LogP contribution in [0.5, 0.6) is 5.75 Å². The second-order valence-electron chi connectivity index (χ2n) is 29.4. The van der Waals surface area contributed by atoms with E-state index in [1.54, 1.807) is 6.07 Å². The molecule has 3 saturated carbocycles. The molecule has 12 heteroatoms. The number of allylic oxidation sites excluding steroid dienone is 5. The molecule has 6 aliphatic carbocycles. The fourth-order valence-corrected chi connectivity index (χ4v) is 19.6.